The van der Waals surface area contributed by atoms with E-state index in [9.17, 15) is 9.59 Å². The van der Waals surface area contributed by atoms with Crippen LogP contribution in [0.15, 0.2) is 24.3 Å². The van der Waals surface area contributed by atoms with Crippen LogP contribution in [-0.4, -0.2) is 54.4 Å². The molecule has 1 saturated heterocycles. The van der Waals surface area contributed by atoms with E-state index in [1.54, 1.807) is 24.3 Å². The van der Waals surface area contributed by atoms with E-state index in [0.29, 0.717) is 18.8 Å². The smallest absolute Gasteiger partial charge is 0.334 e. The molecule has 7 heteroatoms. The fourth-order valence-corrected chi connectivity index (χ4v) is 1.99. The van der Waals surface area contributed by atoms with Gasteiger partial charge >= 0.3 is 12.0 Å². The molecule has 1 aromatic carbocycles. The molecule has 1 aliphatic rings. The molecule has 0 bridgehead atoms. The number of benzene rings is 1. The Morgan fingerprint density at radius 2 is 2.14 bits per heavy atom. The summed E-state index contributed by atoms with van der Waals surface area (Å²) in [7, 11) is 0. The Kier molecular flexibility index (Phi) is 4.99. The highest BCUT2D eigenvalue weighted by atomic mass is 16.5. The van der Waals surface area contributed by atoms with Crippen LogP contribution >= 0.6 is 0 Å². The number of carboxylic acid groups (broad SMARTS) is 1. The van der Waals surface area contributed by atoms with E-state index in [2.05, 4.69) is 5.32 Å². The summed E-state index contributed by atoms with van der Waals surface area (Å²) in [4.78, 5) is 24.4. The molecule has 1 aromatic rings. The van der Waals surface area contributed by atoms with Crippen LogP contribution in [-0.2, 0) is 9.53 Å². The number of hydrogen-bond donors (Lipinski definition) is 2. The van der Waals surface area contributed by atoms with Crippen molar-refractivity contribution < 1.29 is 24.2 Å². The second-order valence-electron chi connectivity index (χ2n) is 4.53. The van der Waals surface area contributed by atoms with Gasteiger partial charge in [-0.15, -0.1) is 0 Å². The second kappa shape index (κ2) is 6.94. The van der Waals surface area contributed by atoms with Gasteiger partial charge in [0.05, 0.1) is 19.8 Å². The monoisotopic (exact) mass is 294 g/mol. The van der Waals surface area contributed by atoms with Crippen molar-refractivity contribution in [1.82, 2.24) is 4.90 Å². The zero-order valence-corrected chi connectivity index (χ0v) is 11.7. The van der Waals surface area contributed by atoms with Crippen molar-refractivity contribution in [3.8, 4) is 5.75 Å². The zero-order chi connectivity index (χ0) is 15.2. The van der Waals surface area contributed by atoms with Crippen molar-refractivity contribution >= 4 is 17.7 Å². The van der Waals surface area contributed by atoms with Gasteiger partial charge in [0.15, 0.2) is 6.10 Å². The van der Waals surface area contributed by atoms with E-state index in [1.807, 2.05) is 6.92 Å². The number of carbonyl (C=O) groups excluding carboxylic acids is 1. The fraction of sp³-hybridized carbons (Fsp3) is 0.429. The van der Waals surface area contributed by atoms with Gasteiger partial charge in [0, 0.05) is 12.2 Å². The lowest BCUT2D eigenvalue weighted by Crippen LogP contribution is -2.49. The number of nitrogens with one attached hydrogen (secondary N) is 1. The number of nitrogens with zero attached hydrogens (tertiary/aromatic N) is 1. The summed E-state index contributed by atoms with van der Waals surface area (Å²) in [5, 5.41) is 11.6. The maximum atomic E-state index is 12.1. The standard InChI is InChI=1S/C14H18N2O5/c1-2-20-11-5-3-10(4-6-11)15-14(19)16-7-8-21-12(9-16)13(17)18/h3-6,12H,2,7-9H2,1H3,(H,15,19)(H,17,18). The van der Waals surface area contributed by atoms with Gasteiger partial charge in [-0.1, -0.05) is 0 Å². The van der Waals surface area contributed by atoms with E-state index in [4.69, 9.17) is 14.6 Å². The number of morpholine rings is 1. The molecule has 2 N–H and O–H groups in total. The Balaban J connectivity index is 1.92. The molecule has 1 fully saturated rings. The molecule has 0 aromatic heterocycles. The minimum absolute atomic E-state index is 0.0399. The quantitative estimate of drug-likeness (QED) is 0.876. The average Bonchev–Trinajstić information content (AvgIpc) is 2.49. The number of rotatable bonds is 4. The van der Waals surface area contributed by atoms with E-state index in [0.717, 1.165) is 5.75 Å². The number of hydrogen-bond acceptors (Lipinski definition) is 4. The molecule has 0 aliphatic carbocycles. The van der Waals surface area contributed by atoms with E-state index in [-0.39, 0.29) is 19.2 Å². The molecule has 7 nitrogen and oxygen atoms in total. The van der Waals surface area contributed by atoms with Crippen molar-refractivity contribution in [2.75, 3.05) is 31.6 Å². The first-order valence-corrected chi connectivity index (χ1v) is 6.73. The first kappa shape index (κ1) is 15.1. The van der Waals surface area contributed by atoms with E-state index < -0.39 is 12.1 Å². The number of aliphatic carboxylic acids is 1. The lowest BCUT2D eigenvalue weighted by atomic mass is 10.2. The molecule has 2 rings (SSSR count). The fourth-order valence-electron chi connectivity index (χ4n) is 1.99. The molecule has 0 saturated carbocycles. The summed E-state index contributed by atoms with van der Waals surface area (Å²) in [5.74, 6) is -0.332. The lowest BCUT2D eigenvalue weighted by Gasteiger charge is -2.30. The third kappa shape index (κ3) is 4.09. The molecule has 0 spiro atoms. The second-order valence-corrected chi connectivity index (χ2v) is 4.53. The predicted octanol–water partition coefficient (Wildman–Crippen LogP) is 1.40. The lowest BCUT2D eigenvalue weighted by molar-refractivity contribution is -0.154. The molecule has 1 aliphatic heterocycles. The number of carbonyl (C=O) groups is 2. The van der Waals surface area contributed by atoms with Gasteiger partial charge in [-0.3, -0.25) is 0 Å². The molecule has 114 valence electrons. The highest BCUT2D eigenvalue weighted by Gasteiger charge is 2.28. The van der Waals surface area contributed by atoms with Crippen LogP contribution in [0, 0.1) is 0 Å². The summed E-state index contributed by atoms with van der Waals surface area (Å²) in [6, 6.07) is 6.65. The number of carboxylic acids is 1. The minimum atomic E-state index is -1.06. The maximum absolute atomic E-state index is 12.1. The SMILES string of the molecule is CCOc1ccc(NC(=O)N2CCOC(C(=O)O)C2)cc1. The van der Waals surface area contributed by atoms with Crippen LogP contribution in [0.3, 0.4) is 0 Å². The summed E-state index contributed by atoms with van der Waals surface area (Å²) < 4.78 is 10.4. The first-order valence-electron chi connectivity index (χ1n) is 6.73. The Hall–Kier alpha value is -2.28. The summed E-state index contributed by atoms with van der Waals surface area (Å²) in [6.07, 6.45) is -0.968. The number of urea groups is 1. The van der Waals surface area contributed by atoms with Gasteiger partial charge in [-0.2, -0.15) is 0 Å². The van der Waals surface area contributed by atoms with Crippen LogP contribution in [0.25, 0.3) is 0 Å². The number of ether oxygens (including phenoxy) is 2. The topological polar surface area (TPSA) is 88.1 Å². The van der Waals surface area contributed by atoms with Crippen molar-refractivity contribution in [2.24, 2.45) is 0 Å². The van der Waals surface area contributed by atoms with Crippen molar-refractivity contribution in [3.05, 3.63) is 24.3 Å². The molecule has 1 heterocycles. The van der Waals surface area contributed by atoms with Crippen molar-refractivity contribution in [2.45, 2.75) is 13.0 Å². The Bertz CT molecular complexity index is 503. The average molecular weight is 294 g/mol. The first-order chi connectivity index (χ1) is 10.1. The van der Waals surface area contributed by atoms with E-state index >= 15 is 0 Å². The molecular weight excluding hydrogens is 276 g/mol. The summed E-state index contributed by atoms with van der Waals surface area (Å²) in [6.45, 7) is 3.10. The molecule has 0 radical (unpaired) electrons. The Morgan fingerprint density at radius 3 is 2.76 bits per heavy atom. The molecule has 2 amide bonds. The Morgan fingerprint density at radius 1 is 1.43 bits per heavy atom. The van der Waals surface area contributed by atoms with Crippen LogP contribution in [0.5, 0.6) is 5.75 Å². The van der Waals surface area contributed by atoms with Gasteiger partial charge < -0.3 is 24.8 Å². The zero-order valence-electron chi connectivity index (χ0n) is 11.7. The number of amides is 2. The highest BCUT2D eigenvalue weighted by molar-refractivity contribution is 5.90. The maximum Gasteiger partial charge on any atom is 0.334 e. The van der Waals surface area contributed by atoms with Gasteiger partial charge in [-0.05, 0) is 31.2 Å². The minimum Gasteiger partial charge on any atom is -0.494 e. The molecule has 21 heavy (non-hydrogen) atoms. The van der Waals surface area contributed by atoms with Crippen LogP contribution in [0.4, 0.5) is 10.5 Å². The summed E-state index contributed by atoms with van der Waals surface area (Å²) >= 11 is 0. The molecular formula is C14H18N2O5. The van der Waals surface area contributed by atoms with Gasteiger partial charge in [0.2, 0.25) is 0 Å². The third-order valence-electron chi connectivity index (χ3n) is 3.05. The normalized spacial score (nSPS) is 18.1. The van der Waals surface area contributed by atoms with Gasteiger partial charge in [0.1, 0.15) is 5.75 Å². The Labute approximate surface area is 122 Å². The van der Waals surface area contributed by atoms with Crippen LogP contribution in [0.1, 0.15) is 6.92 Å². The third-order valence-corrected chi connectivity index (χ3v) is 3.05. The largest absolute Gasteiger partial charge is 0.494 e. The highest BCUT2D eigenvalue weighted by Crippen LogP contribution is 2.16. The number of anilines is 1. The van der Waals surface area contributed by atoms with E-state index in [1.165, 1.54) is 4.90 Å². The molecule has 1 atom stereocenters. The van der Waals surface area contributed by atoms with Crippen LogP contribution in [0.2, 0.25) is 0 Å². The van der Waals surface area contributed by atoms with Crippen molar-refractivity contribution in [3.63, 3.8) is 0 Å². The molecule has 1 unspecified atom stereocenters. The van der Waals surface area contributed by atoms with Gasteiger partial charge in [-0.25, -0.2) is 9.59 Å². The predicted molar refractivity (Wildman–Crippen MR) is 75.6 cm³/mol. The summed E-state index contributed by atoms with van der Waals surface area (Å²) in [5.41, 5.74) is 0.627. The van der Waals surface area contributed by atoms with Crippen LogP contribution < -0.4 is 10.1 Å². The van der Waals surface area contributed by atoms with Gasteiger partial charge in [0.25, 0.3) is 0 Å². The van der Waals surface area contributed by atoms with Crippen molar-refractivity contribution in [1.29, 1.82) is 0 Å².